The van der Waals surface area contributed by atoms with Crippen LogP contribution in [0.1, 0.15) is 5.56 Å². The van der Waals surface area contributed by atoms with Gasteiger partial charge in [-0.25, -0.2) is 0 Å². The minimum atomic E-state index is 0.0214. The Morgan fingerprint density at radius 2 is 2.00 bits per heavy atom. The van der Waals surface area contributed by atoms with E-state index in [2.05, 4.69) is 0 Å². The molecule has 0 saturated carbocycles. The average Bonchev–Trinajstić information content (AvgIpc) is 2.01. The Kier molecular flexibility index (Phi) is 3.20. The number of methoxy groups -OCH3 is 1. The highest BCUT2D eigenvalue weighted by atomic mass is 35.5. The van der Waals surface area contributed by atoms with Crippen molar-refractivity contribution in [3.8, 4) is 5.75 Å². The van der Waals surface area contributed by atoms with Crippen molar-refractivity contribution in [2.75, 3.05) is 7.11 Å². The Hall–Kier alpha value is -0.440. The van der Waals surface area contributed by atoms with Crippen LogP contribution < -0.4 is 0 Å². The molecular weight excluding hydrogens is 199 g/mol. The smallest absolute Gasteiger partial charge is 0.134 e. The van der Waals surface area contributed by atoms with E-state index >= 15 is 0 Å². The third kappa shape index (κ3) is 2.03. The average molecular weight is 207 g/mol. The molecule has 1 N–H and O–H groups in total. The molecule has 0 unspecified atom stereocenters. The van der Waals surface area contributed by atoms with Crippen molar-refractivity contribution in [2.45, 2.75) is 6.61 Å². The van der Waals surface area contributed by atoms with Gasteiger partial charge in [-0.05, 0) is 12.1 Å². The van der Waals surface area contributed by atoms with E-state index in [1.165, 1.54) is 12.1 Å². The first kappa shape index (κ1) is 9.65. The Labute approximate surface area is 80.7 Å². The topological polar surface area (TPSA) is 29.5 Å². The highest BCUT2D eigenvalue weighted by Gasteiger charge is 2.05. The van der Waals surface area contributed by atoms with E-state index in [1.807, 2.05) is 0 Å². The van der Waals surface area contributed by atoms with Gasteiger partial charge >= 0.3 is 0 Å². The molecule has 66 valence electrons. The van der Waals surface area contributed by atoms with Crippen molar-refractivity contribution in [2.24, 2.45) is 0 Å². The molecule has 4 heteroatoms. The standard InChI is InChI=1S/C8H8Cl2O2/c1-12-4-5-2-8(11)7(10)3-6(5)9/h2-3,11H,4H2,1H3. The summed E-state index contributed by atoms with van der Waals surface area (Å²) >= 11 is 11.4. The second-order valence-corrected chi connectivity index (χ2v) is 3.14. The highest BCUT2D eigenvalue weighted by Crippen LogP contribution is 2.30. The number of phenolic OH excluding ortho intramolecular Hbond substituents is 1. The summed E-state index contributed by atoms with van der Waals surface area (Å²) in [4.78, 5) is 0. The molecule has 0 saturated heterocycles. The normalized spacial score (nSPS) is 10.2. The van der Waals surface area contributed by atoms with Crippen LogP contribution in [0.4, 0.5) is 0 Å². The van der Waals surface area contributed by atoms with Crippen molar-refractivity contribution in [1.29, 1.82) is 0 Å². The van der Waals surface area contributed by atoms with E-state index in [-0.39, 0.29) is 10.8 Å². The number of aromatic hydroxyl groups is 1. The molecule has 0 amide bonds. The lowest BCUT2D eigenvalue weighted by atomic mass is 10.2. The lowest BCUT2D eigenvalue weighted by molar-refractivity contribution is 0.184. The molecule has 2 nitrogen and oxygen atoms in total. The van der Waals surface area contributed by atoms with Gasteiger partial charge in [-0.1, -0.05) is 23.2 Å². The van der Waals surface area contributed by atoms with Gasteiger partial charge in [0.1, 0.15) is 5.75 Å². The molecule has 0 aromatic heterocycles. The Balaban J connectivity index is 3.05. The maximum atomic E-state index is 9.21. The molecule has 1 aromatic carbocycles. The predicted octanol–water partition coefficient (Wildman–Crippen LogP) is 2.85. The minimum absolute atomic E-state index is 0.0214. The van der Waals surface area contributed by atoms with Crippen LogP contribution in [-0.2, 0) is 11.3 Å². The molecule has 1 aromatic rings. The molecule has 0 radical (unpaired) electrons. The summed E-state index contributed by atoms with van der Waals surface area (Å²) in [6.07, 6.45) is 0. The van der Waals surface area contributed by atoms with E-state index in [4.69, 9.17) is 27.9 Å². The number of halogens is 2. The molecule has 12 heavy (non-hydrogen) atoms. The molecule has 0 heterocycles. The molecule has 0 aliphatic heterocycles. The first-order valence-corrected chi connectivity index (χ1v) is 4.06. The monoisotopic (exact) mass is 206 g/mol. The number of ether oxygens (including phenoxy) is 1. The zero-order chi connectivity index (χ0) is 9.14. The van der Waals surface area contributed by atoms with Gasteiger partial charge < -0.3 is 9.84 Å². The molecule has 0 aliphatic rings. The molecule has 0 aliphatic carbocycles. The summed E-state index contributed by atoms with van der Waals surface area (Å²) in [6.45, 7) is 0.365. The number of benzene rings is 1. The first-order chi connectivity index (χ1) is 5.65. The van der Waals surface area contributed by atoms with Gasteiger partial charge in [0.15, 0.2) is 0 Å². The van der Waals surface area contributed by atoms with Crippen LogP contribution in [0.25, 0.3) is 0 Å². The molecule has 0 bridgehead atoms. The number of rotatable bonds is 2. The summed E-state index contributed by atoms with van der Waals surface area (Å²) in [7, 11) is 1.56. The summed E-state index contributed by atoms with van der Waals surface area (Å²) in [5.41, 5.74) is 0.723. The zero-order valence-corrected chi connectivity index (χ0v) is 7.99. The lowest BCUT2D eigenvalue weighted by Crippen LogP contribution is -1.88. The van der Waals surface area contributed by atoms with Gasteiger partial charge in [0.05, 0.1) is 11.6 Å². The lowest BCUT2D eigenvalue weighted by Gasteiger charge is -2.04. The van der Waals surface area contributed by atoms with Crippen LogP contribution in [0.2, 0.25) is 10.0 Å². The summed E-state index contributed by atoms with van der Waals surface area (Å²) < 4.78 is 4.86. The minimum Gasteiger partial charge on any atom is -0.506 e. The predicted molar refractivity (Wildman–Crippen MR) is 48.8 cm³/mol. The van der Waals surface area contributed by atoms with Crippen molar-refractivity contribution in [3.05, 3.63) is 27.7 Å². The van der Waals surface area contributed by atoms with Gasteiger partial charge in [-0.15, -0.1) is 0 Å². The van der Waals surface area contributed by atoms with Crippen molar-refractivity contribution < 1.29 is 9.84 Å². The van der Waals surface area contributed by atoms with Gasteiger partial charge in [-0.2, -0.15) is 0 Å². The van der Waals surface area contributed by atoms with E-state index in [0.29, 0.717) is 11.6 Å². The fourth-order valence-corrected chi connectivity index (χ4v) is 1.28. The maximum Gasteiger partial charge on any atom is 0.134 e. The summed E-state index contributed by atoms with van der Waals surface area (Å²) in [6, 6.07) is 2.99. The molecule has 0 spiro atoms. The third-order valence-corrected chi connectivity index (χ3v) is 2.07. The SMILES string of the molecule is COCc1cc(O)c(Cl)cc1Cl. The van der Waals surface area contributed by atoms with Gasteiger partial charge in [0.2, 0.25) is 0 Å². The van der Waals surface area contributed by atoms with Gasteiger partial charge in [0, 0.05) is 17.7 Å². The second-order valence-electron chi connectivity index (χ2n) is 2.33. The Morgan fingerprint density at radius 1 is 1.33 bits per heavy atom. The third-order valence-electron chi connectivity index (χ3n) is 1.42. The zero-order valence-electron chi connectivity index (χ0n) is 6.47. The summed E-state index contributed by atoms with van der Waals surface area (Å²) in [5, 5.41) is 9.95. The Bertz CT molecular complexity index is 287. The Morgan fingerprint density at radius 3 is 2.58 bits per heavy atom. The van der Waals surface area contributed by atoms with Crippen molar-refractivity contribution >= 4 is 23.2 Å². The van der Waals surface area contributed by atoms with Crippen LogP contribution in [-0.4, -0.2) is 12.2 Å². The van der Waals surface area contributed by atoms with Gasteiger partial charge in [0.25, 0.3) is 0 Å². The van der Waals surface area contributed by atoms with E-state index in [1.54, 1.807) is 7.11 Å². The fraction of sp³-hybridized carbons (Fsp3) is 0.250. The van der Waals surface area contributed by atoms with Crippen LogP contribution in [0.15, 0.2) is 12.1 Å². The number of hydrogen-bond acceptors (Lipinski definition) is 2. The van der Waals surface area contributed by atoms with Crippen LogP contribution >= 0.6 is 23.2 Å². The van der Waals surface area contributed by atoms with Crippen molar-refractivity contribution in [1.82, 2.24) is 0 Å². The number of phenols is 1. The van der Waals surface area contributed by atoms with Crippen LogP contribution in [0, 0.1) is 0 Å². The molecule has 0 fully saturated rings. The van der Waals surface area contributed by atoms with Crippen molar-refractivity contribution in [3.63, 3.8) is 0 Å². The second kappa shape index (κ2) is 3.99. The van der Waals surface area contributed by atoms with E-state index < -0.39 is 0 Å². The molecular formula is C8H8Cl2O2. The molecule has 1 rings (SSSR count). The van der Waals surface area contributed by atoms with Gasteiger partial charge in [-0.3, -0.25) is 0 Å². The van der Waals surface area contributed by atoms with Crippen LogP contribution in [0.3, 0.4) is 0 Å². The summed E-state index contributed by atoms with van der Waals surface area (Å²) in [5.74, 6) is 0.0214. The first-order valence-electron chi connectivity index (χ1n) is 3.31. The molecule has 0 atom stereocenters. The maximum absolute atomic E-state index is 9.21. The van der Waals surface area contributed by atoms with Crippen LogP contribution in [0.5, 0.6) is 5.75 Å². The van der Waals surface area contributed by atoms with E-state index in [0.717, 1.165) is 5.56 Å². The largest absolute Gasteiger partial charge is 0.506 e. The highest BCUT2D eigenvalue weighted by molar-refractivity contribution is 6.35. The fourth-order valence-electron chi connectivity index (χ4n) is 0.847. The quantitative estimate of drug-likeness (QED) is 0.807. The van der Waals surface area contributed by atoms with E-state index in [9.17, 15) is 5.11 Å². The number of hydrogen-bond donors (Lipinski definition) is 1.